The Bertz CT molecular complexity index is 359. The van der Waals surface area contributed by atoms with Crippen molar-refractivity contribution < 1.29 is 4.79 Å². The Balaban J connectivity index is 2.16. The number of pyridine rings is 1. The topological polar surface area (TPSA) is 42.0 Å². The van der Waals surface area contributed by atoms with Gasteiger partial charge in [0.25, 0.3) is 0 Å². The van der Waals surface area contributed by atoms with Gasteiger partial charge in [-0.3, -0.25) is 0 Å². The van der Waals surface area contributed by atoms with Crippen LogP contribution in [0.1, 0.15) is 30.5 Å². The van der Waals surface area contributed by atoms with Crippen LogP contribution in [0.3, 0.4) is 0 Å². The molecule has 0 radical (unpaired) electrons. The van der Waals surface area contributed by atoms with Gasteiger partial charge in [0.1, 0.15) is 12.1 Å². The van der Waals surface area contributed by atoms with E-state index in [0.717, 1.165) is 23.4 Å². The third kappa shape index (κ3) is 2.35. The molecule has 0 amide bonds. The van der Waals surface area contributed by atoms with E-state index in [4.69, 9.17) is 0 Å². The predicted molar refractivity (Wildman–Crippen MR) is 60.0 cm³/mol. The van der Waals surface area contributed by atoms with E-state index < -0.39 is 0 Å². The number of rotatable bonds is 4. The van der Waals surface area contributed by atoms with Crippen molar-refractivity contribution in [2.75, 3.05) is 5.32 Å². The van der Waals surface area contributed by atoms with Gasteiger partial charge in [0.2, 0.25) is 0 Å². The molecule has 1 aliphatic carbocycles. The molecule has 1 aromatic heterocycles. The van der Waals surface area contributed by atoms with Gasteiger partial charge in [-0.15, -0.1) is 0 Å². The Hall–Kier alpha value is -1.38. The predicted octanol–water partition coefficient (Wildman–Crippen LogP) is 2.10. The number of hydrogen-bond donors (Lipinski definition) is 1. The van der Waals surface area contributed by atoms with Crippen LogP contribution in [0.2, 0.25) is 0 Å². The lowest BCUT2D eigenvalue weighted by Gasteiger charge is -2.27. The molecule has 1 saturated carbocycles. The van der Waals surface area contributed by atoms with Crippen LogP contribution < -0.4 is 5.32 Å². The Labute approximate surface area is 89.9 Å². The molecule has 0 aliphatic heterocycles. The molecule has 15 heavy (non-hydrogen) atoms. The Morgan fingerprint density at radius 1 is 1.53 bits per heavy atom. The summed E-state index contributed by atoms with van der Waals surface area (Å²) in [5, 5.41) is 3.40. The zero-order valence-corrected chi connectivity index (χ0v) is 8.99. The van der Waals surface area contributed by atoms with Gasteiger partial charge in [-0.2, -0.15) is 0 Å². The number of carbonyl (C=O) groups excluding carboxylic acids is 1. The van der Waals surface area contributed by atoms with Gasteiger partial charge in [-0.25, -0.2) is 4.98 Å². The Morgan fingerprint density at radius 3 is 2.93 bits per heavy atom. The molecule has 1 N–H and O–H groups in total. The first kappa shape index (κ1) is 10.1. The van der Waals surface area contributed by atoms with Crippen molar-refractivity contribution in [2.45, 2.75) is 38.6 Å². The average molecular weight is 204 g/mol. The lowest BCUT2D eigenvalue weighted by molar-refractivity contribution is -0.107. The van der Waals surface area contributed by atoms with Gasteiger partial charge in [0, 0.05) is 23.7 Å². The average Bonchev–Trinajstić information content (AvgIpc) is 2.16. The molecule has 1 aromatic rings. The van der Waals surface area contributed by atoms with Crippen LogP contribution >= 0.6 is 0 Å². The molecule has 0 bridgehead atoms. The zero-order valence-electron chi connectivity index (χ0n) is 8.99. The number of anilines is 1. The maximum absolute atomic E-state index is 10.5. The van der Waals surface area contributed by atoms with Crippen molar-refractivity contribution >= 4 is 12.1 Å². The summed E-state index contributed by atoms with van der Waals surface area (Å²) in [6, 6.07) is 4.49. The standard InChI is InChI=1S/C12H16N2O/c1-9-5-6-10(7-8-15)12(13-9)14-11-3-2-4-11/h5-6,8,11H,2-4,7H2,1H3,(H,13,14). The van der Waals surface area contributed by atoms with E-state index in [-0.39, 0.29) is 0 Å². The summed E-state index contributed by atoms with van der Waals surface area (Å²) >= 11 is 0. The van der Waals surface area contributed by atoms with Gasteiger partial charge < -0.3 is 10.1 Å². The Morgan fingerprint density at radius 2 is 2.33 bits per heavy atom. The molecule has 80 valence electrons. The van der Waals surface area contributed by atoms with Gasteiger partial charge in [0.05, 0.1) is 0 Å². The normalized spacial score (nSPS) is 15.8. The number of carbonyl (C=O) groups is 1. The number of hydrogen-bond acceptors (Lipinski definition) is 3. The molecule has 0 spiro atoms. The van der Waals surface area contributed by atoms with Crippen LogP contribution in [0, 0.1) is 6.92 Å². The SMILES string of the molecule is Cc1ccc(CC=O)c(NC2CCC2)n1. The molecule has 0 unspecified atom stereocenters. The van der Waals surface area contributed by atoms with E-state index in [2.05, 4.69) is 10.3 Å². The number of aldehydes is 1. The highest BCUT2D eigenvalue weighted by Crippen LogP contribution is 2.24. The van der Waals surface area contributed by atoms with Gasteiger partial charge in [-0.05, 0) is 32.3 Å². The smallest absolute Gasteiger partial charge is 0.130 e. The second kappa shape index (κ2) is 4.43. The molecule has 1 aliphatic rings. The van der Waals surface area contributed by atoms with Crippen molar-refractivity contribution in [3.63, 3.8) is 0 Å². The molecule has 1 heterocycles. The van der Waals surface area contributed by atoms with Crippen LogP contribution in [0.4, 0.5) is 5.82 Å². The number of nitrogens with zero attached hydrogens (tertiary/aromatic N) is 1. The van der Waals surface area contributed by atoms with Crippen LogP contribution in [0.15, 0.2) is 12.1 Å². The van der Waals surface area contributed by atoms with Crippen LogP contribution in [-0.4, -0.2) is 17.3 Å². The summed E-state index contributed by atoms with van der Waals surface area (Å²) < 4.78 is 0. The molecule has 2 rings (SSSR count). The zero-order chi connectivity index (χ0) is 10.7. The molecule has 3 heteroatoms. The van der Waals surface area contributed by atoms with E-state index in [1.165, 1.54) is 19.3 Å². The minimum atomic E-state index is 0.447. The maximum atomic E-state index is 10.5. The second-order valence-corrected chi connectivity index (χ2v) is 4.10. The summed E-state index contributed by atoms with van der Waals surface area (Å²) in [5.74, 6) is 0.895. The second-order valence-electron chi connectivity index (χ2n) is 4.10. The number of aromatic nitrogens is 1. The van der Waals surface area contributed by atoms with Crippen molar-refractivity contribution in [3.05, 3.63) is 23.4 Å². The lowest BCUT2D eigenvalue weighted by atomic mass is 9.93. The molecular formula is C12H16N2O. The van der Waals surface area contributed by atoms with E-state index in [9.17, 15) is 4.79 Å². The fourth-order valence-corrected chi connectivity index (χ4v) is 1.71. The fourth-order valence-electron chi connectivity index (χ4n) is 1.71. The summed E-state index contributed by atoms with van der Waals surface area (Å²) in [4.78, 5) is 15.0. The Kier molecular flexibility index (Phi) is 2.99. The van der Waals surface area contributed by atoms with Gasteiger partial charge >= 0.3 is 0 Å². The van der Waals surface area contributed by atoms with Crippen molar-refractivity contribution in [1.82, 2.24) is 4.98 Å². The molecule has 1 fully saturated rings. The van der Waals surface area contributed by atoms with Crippen LogP contribution in [0.25, 0.3) is 0 Å². The number of nitrogens with one attached hydrogen (secondary N) is 1. The molecule has 0 saturated heterocycles. The first-order chi connectivity index (χ1) is 7.29. The highest BCUT2D eigenvalue weighted by molar-refractivity contribution is 5.60. The summed E-state index contributed by atoms with van der Waals surface area (Å²) in [7, 11) is 0. The number of aryl methyl sites for hydroxylation is 1. The van der Waals surface area contributed by atoms with Crippen molar-refractivity contribution in [3.8, 4) is 0 Å². The van der Waals surface area contributed by atoms with Crippen molar-refractivity contribution in [1.29, 1.82) is 0 Å². The summed E-state index contributed by atoms with van der Waals surface area (Å²) in [6.07, 6.45) is 5.11. The fraction of sp³-hybridized carbons (Fsp3) is 0.500. The molecule has 0 aromatic carbocycles. The van der Waals surface area contributed by atoms with Crippen LogP contribution in [0.5, 0.6) is 0 Å². The largest absolute Gasteiger partial charge is 0.367 e. The molecular weight excluding hydrogens is 188 g/mol. The van der Waals surface area contributed by atoms with E-state index in [1.54, 1.807) is 0 Å². The lowest BCUT2D eigenvalue weighted by Crippen LogP contribution is -2.28. The van der Waals surface area contributed by atoms with Crippen LogP contribution in [-0.2, 0) is 11.2 Å². The summed E-state index contributed by atoms with van der Waals surface area (Å²) in [5.41, 5.74) is 1.99. The first-order valence-electron chi connectivity index (χ1n) is 5.46. The quantitative estimate of drug-likeness (QED) is 0.764. The van der Waals surface area contributed by atoms with Crippen molar-refractivity contribution in [2.24, 2.45) is 0 Å². The molecule has 0 atom stereocenters. The third-order valence-electron chi connectivity index (χ3n) is 2.87. The monoisotopic (exact) mass is 204 g/mol. The minimum Gasteiger partial charge on any atom is -0.367 e. The highest BCUT2D eigenvalue weighted by Gasteiger charge is 2.18. The highest BCUT2D eigenvalue weighted by atomic mass is 16.1. The maximum Gasteiger partial charge on any atom is 0.130 e. The summed E-state index contributed by atoms with van der Waals surface area (Å²) in [6.45, 7) is 1.97. The van der Waals surface area contributed by atoms with E-state index in [1.807, 2.05) is 19.1 Å². The third-order valence-corrected chi connectivity index (χ3v) is 2.87. The van der Waals surface area contributed by atoms with E-state index >= 15 is 0 Å². The van der Waals surface area contributed by atoms with E-state index in [0.29, 0.717) is 12.5 Å². The molecule has 3 nitrogen and oxygen atoms in total. The van der Waals surface area contributed by atoms with Gasteiger partial charge in [-0.1, -0.05) is 6.07 Å². The first-order valence-corrected chi connectivity index (χ1v) is 5.46. The minimum absolute atomic E-state index is 0.447. The van der Waals surface area contributed by atoms with Gasteiger partial charge in [0.15, 0.2) is 0 Å².